The lowest BCUT2D eigenvalue weighted by Crippen LogP contribution is -2.55. The van der Waals surface area contributed by atoms with E-state index in [1.165, 1.54) is 0 Å². The van der Waals surface area contributed by atoms with E-state index in [2.05, 4.69) is 10.3 Å². The van der Waals surface area contributed by atoms with Crippen LogP contribution in [0, 0.1) is 12.8 Å². The van der Waals surface area contributed by atoms with Gasteiger partial charge in [-0.2, -0.15) is 0 Å². The van der Waals surface area contributed by atoms with E-state index in [0.29, 0.717) is 12.1 Å². The molecule has 17 heavy (non-hydrogen) atoms. The average molecular weight is 235 g/mol. The summed E-state index contributed by atoms with van der Waals surface area (Å²) in [5, 5.41) is 2.97. The molecule has 1 rings (SSSR count). The van der Waals surface area contributed by atoms with Crippen LogP contribution in [0.4, 0.5) is 0 Å². The first kappa shape index (κ1) is 13.6. The van der Waals surface area contributed by atoms with E-state index in [4.69, 9.17) is 5.73 Å². The van der Waals surface area contributed by atoms with E-state index in [9.17, 15) is 4.79 Å². The van der Waals surface area contributed by atoms with Gasteiger partial charge in [-0.25, -0.2) is 0 Å². The summed E-state index contributed by atoms with van der Waals surface area (Å²) in [5.41, 5.74) is 6.80. The van der Waals surface area contributed by atoms with Gasteiger partial charge in [-0.1, -0.05) is 13.8 Å². The molecule has 1 aromatic heterocycles. The largest absolute Gasteiger partial charge is 0.345 e. The third-order valence-corrected chi connectivity index (χ3v) is 3.27. The van der Waals surface area contributed by atoms with Gasteiger partial charge in [0, 0.05) is 18.4 Å². The highest BCUT2D eigenvalue weighted by atomic mass is 16.1. The van der Waals surface area contributed by atoms with Gasteiger partial charge in [0.05, 0.1) is 11.1 Å². The number of amides is 1. The molecule has 4 nitrogen and oxygen atoms in total. The van der Waals surface area contributed by atoms with Gasteiger partial charge in [-0.15, -0.1) is 0 Å². The molecule has 4 heteroatoms. The predicted molar refractivity (Wildman–Crippen MR) is 68.7 cm³/mol. The molecule has 3 N–H and O–H groups in total. The van der Waals surface area contributed by atoms with Crippen molar-refractivity contribution in [2.45, 2.75) is 33.2 Å². The fraction of sp³-hybridized carbons (Fsp3) is 0.538. The maximum atomic E-state index is 12.0. The lowest BCUT2D eigenvalue weighted by atomic mass is 9.88. The van der Waals surface area contributed by atoms with Gasteiger partial charge in [0.1, 0.15) is 0 Å². The zero-order valence-corrected chi connectivity index (χ0v) is 10.9. The van der Waals surface area contributed by atoms with E-state index < -0.39 is 0 Å². The number of nitrogens with zero attached hydrogens (tertiary/aromatic N) is 1. The number of aryl methyl sites for hydroxylation is 1. The average Bonchev–Trinajstić information content (AvgIpc) is 2.29. The number of nitrogens with two attached hydrogens (primary N) is 1. The summed E-state index contributed by atoms with van der Waals surface area (Å²) in [6.45, 7) is 8.34. The minimum absolute atomic E-state index is 0.126. The van der Waals surface area contributed by atoms with Crippen molar-refractivity contribution >= 4 is 5.91 Å². The van der Waals surface area contributed by atoms with Crippen LogP contribution in [0.15, 0.2) is 18.3 Å². The van der Waals surface area contributed by atoms with Crippen LogP contribution in [0.5, 0.6) is 0 Å². The van der Waals surface area contributed by atoms with Crippen LogP contribution in [0.3, 0.4) is 0 Å². The minimum atomic E-state index is -0.387. The van der Waals surface area contributed by atoms with Gasteiger partial charge in [0.15, 0.2) is 0 Å². The third-order valence-electron chi connectivity index (χ3n) is 3.27. The maximum absolute atomic E-state index is 12.0. The van der Waals surface area contributed by atoms with E-state index in [0.717, 1.165) is 5.69 Å². The predicted octanol–water partition coefficient (Wildman–Crippen LogP) is 1.49. The summed E-state index contributed by atoms with van der Waals surface area (Å²) in [7, 11) is 0. The van der Waals surface area contributed by atoms with Crippen molar-refractivity contribution in [3.05, 3.63) is 29.6 Å². The standard InChI is InChI=1S/C13H21N3O/c1-9(2)13(4,8-14)16-12(17)11-6-5-10(3)15-7-11/h5-7,9H,8,14H2,1-4H3,(H,16,17). The number of carbonyl (C=O) groups is 1. The Kier molecular flexibility index (Phi) is 4.23. The number of aromatic nitrogens is 1. The Morgan fingerprint density at radius 1 is 1.53 bits per heavy atom. The first-order valence-corrected chi connectivity index (χ1v) is 5.84. The van der Waals surface area contributed by atoms with Gasteiger partial charge >= 0.3 is 0 Å². The van der Waals surface area contributed by atoms with E-state index in [1.807, 2.05) is 33.8 Å². The Balaban J connectivity index is 2.81. The second kappa shape index (κ2) is 5.27. The number of nitrogens with one attached hydrogen (secondary N) is 1. The summed E-state index contributed by atoms with van der Waals surface area (Å²) in [6.07, 6.45) is 1.59. The Labute approximate surface area is 103 Å². The topological polar surface area (TPSA) is 68.0 Å². The number of hydrogen-bond donors (Lipinski definition) is 2. The lowest BCUT2D eigenvalue weighted by molar-refractivity contribution is 0.0883. The summed E-state index contributed by atoms with van der Waals surface area (Å²) >= 11 is 0. The third kappa shape index (κ3) is 3.27. The van der Waals surface area contributed by atoms with Crippen LogP contribution in [0.1, 0.15) is 36.8 Å². The molecule has 0 saturated carbocycles. The molecular weight excluding hydrogens is 214 g/mol. The van der Waals surface area contributed by atoms with Crippen LogP contribution >= 0.6 is 0 Å². The Morgan fingerprint density at radius 3 is 2.59 bits per heavy atom. The highest BCUT2D eigenvalue weighted by Gasteiger charge is 2.28. The molecule has 0 fully saturated rings. The first-order chi connectivity index (χ1) is 7.89. The SMILES string of the molecule is Cc1ccc(C(=O)NC(C)(CN)C(C)C)cn1. The smallest absolute Gasteiger partial charge is 0.253 e. The van der Waals surface area contributed by atoms with Crippen molar-refractivity contribution in [2.75, 3.05) is 6.54 Å². The Morgan fingerprint density at radius 2 is 2.18 bits per heavy atom. The molecule has 0 aliphatic heterocycles. The van der Waals surface area contributed by atoms with Crippen LogP contribution in [-0.2, 0) is 0 Å². The van der Waals surface area contributed by atoms with E-state index >= 15 is 0 Å². The van der Waals surface area contributed by atoms with Crippen LogP contribution < -0.4 is 11.1 Å². The highest BCUT2D eigenvalue weighted by molar-refractivity contribution is 5.94. The summed E-state index contributed by atoms with van der Waals surface area (Å²) < 4.78 is 0. The molecule has 1 aromatic rings. The molecule has 1 unspecified atom stereocenters. The molecule has 0 spiro atoms. The Bertz CT molecular complexity index is 386. The van der Waals surface area contributed by atoms with Crippen molar-refractivity contribution < 1.29 is 4.79 Å². The maximum Gasteiger partial charge on any atom is 0.253 e. The molecule has 1 heterocycles. The molecule has 0 aromatic carbocycles. The zero-order chi connectivity index (χ0) is 13.1. The molecule has 0 aliphatic rings. The second-order valence-corrected chi connectivity index (χ2v) is 4.92. The van der Waals surface area contributed by atoms with E-state index in [-0.39, 0.29) is 17.4 Å². The van der Waals surface area contributed by atoms with Crippen LogP contribution in [0.2, 0.25) is 0 Å². The highest BCUT2D eigenvalue weighted by Crippen LogP contribution is 2.15. The monoisotopic (exact) mass is 235 g/mol. The lowest BCUT2D eigenvalue weighted by Gasteiger charge is -2.33. The van der Waals surface area contributed by atoms with Crippen molar-refractivity contribution in [3.63, 3.8) is 0 Å². The second-order valence-electron chi connectivity index (χ2n) is 4.92. The summed E-state index contributed by atoms with van der Waals surface area (Å²) in [4.78, 5) is 16.1. The van der Waals surface area contributed by atoms with Crippen molar-refractivity contribution in [2.24, 2.45) is 11.7 Å². The molecule has 0 bridgehead atoms. The van der Waals surface area contributed by atoms with Crippen molar-refractivity contribution in [1.29, 1.82) is 0 Å². The number of rotatable bonds is 4. The Hall–Kier alpha value is -1.42. The van der Waals surface area contributed by atoms with Gasteiger partial charge in [-0.05, 0) is 31.9 Å². The van der Waals surface area contributed by atoms with Gasteiger partial charge in [0.2, 0.25) is 0 Å². The first-order valence-electron chi connectivity index (χ1n) is 5.84. The van der Waals surface area contributed by atoms with Crippen LogP contribution in [0.25, 0.3) is 0 Å². The van der Waals surface area contributed by atoms with E-state index in [1.54, 1.807) is 12.3 Å². The number of hydrogen-bond acceptors (Lipinski definition) is 3. The quantitative estimate of drug-likeness (QED) is 0.831. The molecule has 1 amide bonds. The summed E-state index contributed by atoms with van der Waals surface area (Å²) in [6, 6.07) is 3.60. The number of carbonyl (C=O) groups excluding carboxylic acids is 1. The van der Waals surface area contributed by atoms with Crippen molar-refractivity contribution in [3.8, 4) is 0 Å². The molecule has 1 atom stereocenters. The normalized spacial score (nSPS) is 14.5. The van der Waals surface area contributed by atoms with Gasteiger partial charge in [-0.3, -0.25) is 9.78 Å². The van der Waals surface area contributed by atoms with Crippen LogP contribution in [-0.4, -0.2) is 23.0 Å². The molecular formula is C13H21N3O. The fourth-order valence-corrected chi connectivity index (χ4v) is 1.36. The molecule has 94 valence electrons. The van der Waals surface area contributed by atoms with Gasteiger partial charge < -0.3 is 11.1 Å². The minimum Gasteiger partial charge on any atom is -0.345 e. The fourth-order valence-electron chi connectivity index (χ4n) is 1.36. The summed E-state index contributed by atoms with van der Waals surface area (Å²) in [5.74, 6) is 0.147. The number of pyridine rings is 1. The van der Waals surface area contributed by atoms with Gasteiger partial charge in [0.25, 0.3) is 5.91 Å². The molecule has 0 saturated heterocycles. The zero-order valence-electron chi connectivity index (χ0n) is 10.9. The molecule has 0 radical (unpaired) electrons. The molecule has 0 aliphatic carbocycles. The van der Waals surface area contributed by atoms with Crippen molar-refractivity contribution in [1.82, 2.24) is 10.3 Å².